The minimum Gasteiger partial charge on any atom is -0.438 e. The molecule has 0 radical (unpaired) electrons. The zero-order chi connectivity index (χ0) is 15.4. The van der Waals surface area contributed by atoms with Crippen molar-refractivity contribution in [2.24, 2.45) is 7.05 Å². The Kier molecular flexibility index (Phi) is 5.36. The highest BCUT2D eigenvalue weighted by molar-refractivity contribution is 9.10. The van der Waals surface area contributed by atoms with Gasteiger partial charge in [-0.15, -0.1) is 0 Å². The molecule has 0 fully saturated rings. The maximum Gasteiger partial charge on any atom is 0.222 e. The molecule has 0 saturated carbocycles. The van der Waals surface area contributed by atoms with Crippen LogP contribution in [0.1, 0.15) is 24.6 Å². The van der Waals surface area contributed by atoms with Crippen LogP contribution in [0.3, 0.4) is 0 Å². The minimum atomic E-state index is -0.305. The molecule has 6 heteroatoms. The summed E-state index contributed by atoms with van der Waals surface area (Å²) < 4.78 is 21.3. The third-order valence-electron chi connectivity index (χ3n) is 3.12. The Morgan fingerprint density at radius 3 is 2.86 bits per heavy atom. The summed E-state index contributed by atoms with van der Waals surface area (Å²) in [4.78, 5) is 0. The third-order valence-corrected chi connectivity index (χ3v) is 3.74. The second-order valence-electron chi connectivity index (χ2n) is 4.85. The van der Waals surface area contributed by atoms with Gasteiger partial charge in [0.15, 0.2) is 0 Å². The number of hydrogen-bond donors (Lipinski definition) is 1. The average molecular weight is 356 g/mol. The zero-order valence-electron chi connectivity index (χ0n) is 12.4. The van der Waals surface area contributed by atoms with Gasteiger partial charge < -0.3 is 10.1 Å². The summed E-state index contributed by atoms with van der Waals surface area (Å²) in [6, 6.07) is 4.36. The summed E-state index contributed by atoms with van der Waals surface area (Å²) in [7, 11) is 1.84. The van der Waals surface area contributed by atoms with Crippen molar-refractivity contribution in [2.45, 2.75) is 26.8 Å². The molecular formula is C15H19BrFN3O. The van der Waals surface area contributed by atoms with Crippen LogP contribution in [-0.4, -0.2) is 16.3 Å². The zero-order valence-corrected chi connectivity index (χ0v) is 14.0. The molecule has 1 aromatic heterocycles. The summed E-state index contributed by atoms with van der Waals surface area (Å²) in [6.07, 6.45) is 1.07. The fraction of sp³-hybridized carbons (Fsp3) is 0.400. The molecule has 0 amide bonds. The van der Waals surface area contributed by atoms with E-state index >= 15 is 0 Å². The van der Waals surface area contributed by atoms with Gasteiger partial charge in [-0.25, -0.2) is 9.07 Å². The lowest BCUT2D eigenvalue weighted by molar-refractivity contribution is 0.420. The van der Waals surface area contributed by atoms with E-state index in [4.69, 9.17) is 4.74 Å². The summed E-state index contributed by atoms with van der Waals surface area (Å²) >= 11 is 3.31. The van der Waals surface area contributed by atoms with Gasteiger partial charge in [-0.05, 0) is 54.0 Å². The van der Waals surface area contributed by atoms with Gasteiger partial charge in [0.05, 0.1) is 15.7 Å². The van der Waals surface area contributed by atoms with Gasteiger partial charge in [-0.1, -0.05) is 6.92 Å². The quantitative estimate of drug-likeness (QED) is 0.798. The standard InChI is InChI=1S/C15H19BrFN3O/c1-4-7-18-9-12-10(2)19-20(3)15(12)21-14-6-5-11(17)8-13(14)16/h5-6,8,18H,4,7,9H2,1-3H3. The van der Waals surface area contributed by atoms with Crippen LogP contribution in [0.4, 0.5) is 4.39 Å². The van der Waals surface area contributed by atoms with Crippen LogP contribution in [0, 0.1) is 12.7 Å². The highest BCUT2D eigenvalue weighted by Crippen LogP contribution is 2.32. The molecule has 0 unspecified atom stereocenters. The summed E-state index contributed by atoms with van der Waals surface area (Å²) in [5.41, 5.74) is 1.94. The Bertz CT molecular complexity index is 628. The minimum absolute atomic E-state index is 0.305. The number of rotatable bonds is 6. The van der Waals surface area contributed by atoms with Crippen molar-refractivity contribution in [2.75, 3.05) is 6.54 Å². The normalized spacial score (nSPS) is 10.9. The van der Waals surface area contributed by atoms with Crippen LogP contribution in [0.15, 0.2) is 22.7 Å². The van der Waals surface area contributed by atoms with Crippen molar-refractivity contribution < 1.29 is 9.13 Å². The smallest absolute Gasteiger partial charge is 0.222 e. The van der Waals surface area contributed by atoms with Crippen LogP contribution in [0.25, 0.3) is 0 Å². The highest BCUT2D eigenvalue weighted by atomic mass is 79.9. The average Bonchev–Trinajstić information content (AvgIpc) is 2.68. The van der Waals surface area contributed by atoms with Crippen molar-refractivity contribution in [1.82, 2.24) is 15.1 Å². The largest absolute Gasteiger partial charge is 0.438 e. The van der Waals surface area contributed by atoms with Crippen LogP contribution in [0.2, 0.25) is 0 Å². The molecule has 0 aliphatic heterocycles. The van der Waals surface area contributed by atoms with Crippen molar-refractivity contribution >= 4 is 15.9 Å². The topological polar surface area (TPSA) is 39.1 Å². The Hall–Kier alpha value is -1.40. The lowest BCUT2D eigenvalue weighted by atomic mass is 10.2. The molecule has 0 spiro atoms. The molecule has 2 aromatic rings. The lowest BCUT2D eigenvalue weighted by Crippen LogP contribution is -2.14. The molecule has 1 N–H and O–H groups in total. The third kappa shape index (κ3) is 3.83. The fourth-order valence-electron chi connectivity index (χ4n) is 2.06. The van der Waals surface area contributed by atoms with E-state index in [1.54, 1.807) is 10.7 Å². The number of hydrogen-bond acceptors (Lipinski definition) is 3. The highest BCUT2D eigenvalue weighted by Gasteiger charge is 2.16. The van der Waals surface area contributed by atoms with E-state index in [2.05, 4.69) is 33.3 Å². The van der Waals surface area contributed by atoms with E-state index in [1.165, 1.54) is 12.1 Å². The molecule has 0 aliphatic carbocycles. The van der Waals surface area contributed by atoms with Gasteiger partial charge in [0, 0.05) is 13.6 Å². The molecule has 1 aromatic carbocycles. The van der Waals surface area contributed by atoms with Gasteiger partial charge in [0.25, 0.3) is 0 Å². The number of nitrogens with one attached hydrogen (secondary N) is 1. The van der Waals surface area contributed by atoms with Crippen LogP contribution >= 0.6 is 15.9 Å². The maximum atomic E-state index is 13.1. The van der Waals surface area contributed by atoms with Crippen LogP contribution in [0.5, 0.6) is 11.6 Å². The first-order chi connectivity index (χ1) is 10.0. The van der Waals surface area contributed by atoms with Crippen LogP contribution in [-0.2, 0) is 13.6 Å². The van der Waals surface area contributed by atoms with Gasteiger partial charge in [-0.2, -0.15) is 5.10 Å². The van der Waals surface area contributed by atoms with E-state index < -0.39 is 0 Å². The SMILES string of the molecule is CCCNCc1c(C)nn(C)c1Oc1ccc(F)cc1Br. The number of aromatic nitrogens is 2. The molecule has 114 valence electrons. The number of aryl methyl sites for hydroxylation is 2. The number of halogens is 2. The Labute approximate surface area is 132 Å². The Balaban J connectivity index is 2.26. The van der Waals surface area contributed by atoms with E-state index in [0.717, 1.165) is 24.2 Å². The van der Waals surface area contributed by atoms with E-state index in [9.17, 15) is 4.39 Å². The monoisotopic (exact) mass is 355 g/mol. The molecule has 0 aliphatic rings. The lowest BCUT2D eigenvalue weighted by Gasteiger charge is -2.11. The van der Waals surface area contributed by atoms with Crippen molar-refractivity contribution in [3.8, 4) is 11.6 Å². The molecule has 0 saturated heterocycles. The summed E-state index contributed by atoms with van der Waals surface area (Å²) in [6.45, 7) is 5.71. The molecule has 1 heterocycles. The van der Waals surface area contributed by atoms with Gasteiger partial charge in [0.2, 0.25) is 5.88 Å². The number of nitrogens with zero attached hydrogens (tertiary/aromatic N) is 2. The Morgan fingerprint density at radius 1 is 1.43 bits per heavy atom. The first-order valence-electron chi connectivity index (χ1n) is 6.89. The van der Waals surface area contributed by atoms with Crippen molar-refractivity contribution in [3.63, 3.8) is 0 Å². The molecule has 0 bridgehead atoms. The Morgan fingerprint density at radius 2 is 2.19 bits per heavy atom. The summed E-state index contributed by atoms with van der Waals surface area (Å²) in [5, 5.41) is 7.75. The molecule has 0 atom stereocenters. The predicted octanol–water partition coefficient (Wildman–Crippen LogP) is 3.92. The van der Waals surface area contributed by atoms with Crippen molar-refractivity contribution in [1.29, 1.82) is 0 Å². The first kappa shape index (κ1) is 16.0. The second kappa shape index (κ2) is 7.04. The predicted molar refractivity (Wildman–Crippen MR) is 84.1 cm³/mol. The van der Waals surface area contributed by atoms with E-state index in [0.29, 0.717) is 22.6 Å². The second-order valence-corrected chi connectivity index (χ2v) is 5.70. The van der Waals surface area contributed by atoms with Crippen LogP contribution < -0.4 is 10.1 Å². The summed E-state index contributed by atoms with van der Waals surface area (Å²) in [5.74, 6) is 0.930. The van der Waals surface area contributed by atoms with Gasteiger partial charge >= 0.3 is 0 Å². The van der Waals surface area contributed by atoms with Gasteiger partial charge in [-0.3, -0.25) is 0 Å². The molecule has 4 nitrogen and oxygen atoms in total. The number of benzene rings is 1. The van der Waals surface area contributed by atoms with E-state index in [1.807, 2.05) is 14.0 Å². The molecule has 2 rings (SSSR count). The van der Waals surface area contributed by atoms with Gasteiger partial charge in [0.1, 0.15) is 11.6 Å². The maximum absolute atomic E-state index is 13.1. The molecule has 21 heavy (non-hydrogen) atoms. The number of ether oxygens (including phenoxy) is 1. The van der Waals surface area contributed by atoms with Crippen molar-refractivity contribution in [3.05, 3.63) is 39.7 Å². The first-order valence-corrected chi connectivity index (χ1v) is 7.68. The fourth-order valence-corrected chi connectivity index (χ4v) is 2.50. The van der Waals surface area contributed by atoms with E-state index in [-0.39, 0.29) is 5.82 Å². The molecular weight excluding hydrogens is 337 g/mol.